The number of hydrogen-bond donors (Lipinski definition) is 2. The fraction of sp³-hybridized carbons (Fsp3) is 0. The van der Waals surface area contributed by atoms with Crippen molar-refractivity contribution in [2.75, 3.05) is 0 Å². The third kappa shape index (κ3) is 1.45. The van der Waals surface area contributed by atoms with Crippen molar-refractivity contribution in [1.29, 1.82) is 5.26 Å². The first-order valence-corrected chi connectivity index (χ1v) is 5.61. The first-order valence-electron chi connectivity index (χ1n) is 5.61. The summed E-state index contributed by atoms with van der Waals surface area (Å²) in [5, 5.41) is 21.4. The van der Waals surface area contributed by atoms with Gasteiger partial charge in [-0.05, 0) is 0 Å². The first-order chi connectivity index (χ1) is 9.67. The van der Waals surface area contributed by atoms with E-state index in [4.69, 9.17) is 16.2 Å². The van der Waals surface area contributed by atoms with Crippen molar-refractivity contribution in [3.8, 4) is 17.3 Å². The Bertz CT molecular complexity index is 820. The molecule has 0 bridgehead atoms. The fourth-order valence-corrected chi connectivity index (χ4v) is 2.16. The highest BCUT2D eigenvalue weighted by molar-refractivity contribution is 6.22. The Kier molecular flexibility index (Phi) is 2.44. The van der Waals surface area contributed by atoms with Gasteiger partial charge in [-0.15, -0.1) is 0 Å². The molecule has 3 rings (SSSR count). The van der Waals surface area contributed by atoms with Crippen molar-refractivity contribution in [2.45, 2.75) is 0 Å². The van der Waals surface area contributed by atoms with Crippen LogP contribution >= 0.6 is 0 Å². The quantitative estimate of drug-likeness (QED) is 0.493. The molecular formula is C13H7N5O2. The number of carbonyl (C=O) groups is 1. The van der Waals surface area contributed by atoms with Crippen molar-refractivity contribution in [1.82, 2.24) is 9.97 Å². The Labute approximate surface area is 113 Å². The number of aromatic nitrogens is 2. The van der Waals surface area contributed by atoms with Gasteiger partial charge in [-0.3, -0.25) is 4.79 Å². The van der Waals surface area contributed by atoms with Gasteiger partial charge in [-0.25, -0.2) is 9.97 Å². The van der Waals surface area contributed by atoms with Crippen molar-refractivity contribution in [2.24, 2.45) is 10.9 Å². The van der Waals surface area contributed by atoms with Crippen LogP contribution in [0.4, 0.5) is 0 Å². The van der Waals surface area contributed by atoms with Gasteiger partial charge in [0.2, 0.25) is 0 Å². The molecular weight excluding hydrogens is 258 g/mol. The van der Waals surface area contributed by atoms with Gasteiger partial charge >= 0.3 is 0 Å². The van der Waals surface area contributed by atoms with E-state index < -0.39 is 5.91 Å². The van der Waals surface area contributed by atoms with Crippen LogP contribution in [0.25, 0.3) is 11.3 Å². The number of nitrogens with zero attached hydrogens (tertiary/aromatic N) is 4. The van der Waals surface area contributed by atoms with Crippen LogP contribution in [0.15, 0.2) is 29.4 Å². The summed E-state index contributed by atoms with van der Waals surface area (Å²) in [6, 6.07) is 8.83. The number of amides is 1. The molecule has 3 N–H and O–H groups in total. The lowest BCUT2D eigenvalue weighted by Crippen LogP contribution is -2.18. The zero-order valence-electron chi connectivity index (χ0n) is 10.0. The number of oxime groups is 1. The molecule has 20 heavy (non-hydrogen) atoms. The Morgan fingerprint density at radius 3 is 2.55 bits per heavy atom. The largest absolute Gasteiger partial charge is 0.410 e. The molecule has 1 heterocycles. The molecule has 1 aromatic carbocycles. The Morgan fingerprint density at radius 1 is 1.25 bits per heavy atom. The molecule has 0 saturated heterocycles. The minimum absolute atomic E-state index is 0.190. The lowest BCUT2D eigenvalue weighted by atomic mass is 10.1. The normalized spacial score (nSPS) is 13.7. The molecule has 1 amide bonds. The van der Waals surface area contributed by atoms with E-state index in [0.717, 1.165) is 0 Å². The summed E-state index contributed by atoms with van der Waals surface area (Å²) in [7, 11) is 0. The number of benzene rings is 1. The number of hydrogen-bond acceptors (Lipinski definition) is 6. The van der Waals surface area contributed by atoms with E-state index >= 15 is 0 Å². The van der Waals surface area contributed by atoms with Crippen molar-refractivity contribution < 1.29 is 10.0 Å². The summed E-state index contributed by atoms with van der Waals surface area (Å²) in [6.07, 6.45) is 0. The number of fused-ring (bicyclic) bond motifs is 3. The van der Waals surface area contributed by atoms with Crippen LogP contribution < -0.4 is 5.73 Å². The molecule has 2 aromatic rings. The van der Waals surface area contributed by atoms with Gasteiger partial charge in [0, 0.05) is 11.1 Å². The van der Waals surface area contributed by atoms with Crippen LogP contribution in [0, 0.1) is 11.3 Å². The van der Waals surface area contributed by atoms with E-state index in [9.17, 15) is 4.79 Å². The summed E-state index contributed by atoms with van der Waals surface area (Å²) < 4.78 is 0. The topological polar surface area (TPSA) is 125 Å². The second-order valence-corrected chi connectivity index (χ2v) is 4.09. The number of rotatable bonds is 1. The minimum Gasteiger partial charge on any atom is -0.410 e. The third-order valence-electron chi connectivity index (χ3n) is 3.00. The van der Waals surface area contributed by atoms with Gasteiger partial charge in [0.15, 0.2) is 11.4 Å². The summed E-state index contributed by atoms with van der Waals surface area (Å²) in [5.74, 6) is -0.830. The lowest BCUT2D eigenvalue weighted by Gasteiger charge is -2.02. The van der Waals surface area contributed by atoms with Crippen LogP contribution in [0.5, 0.6) is 0 Å². The first kappa shape index (κ1) is 11.8. The molecule has 0 aliphatic heterocycles. The Balaban J connectivity index is 2.39. The second-order valence-electron chi connectivity index (χ2n) is 4.09. The number of nitrogens with two attached hydrogens (primary N) is 1. The van der Waals surface area contributed by atoms with Gasteiger partial charge in [-0.2, -0.15) is 5.26 Å². The van der Waals surface area contributed by atoms with E-state index in [0.29, 0.717) is 16.8 Å². The highest BCUT2D eigenvalue weighted by Gasteiger charge is 2.30. The summed E-state index contributed by atoms with van der Waals surface area (Å²) in [6.45, 7) is 0. The average Bonchev–Trinajstić information content (AvgIpc) is 2.78. The van der Waals surface area contributed by atoms with Crippen molar-refractivity contribution in [3.63, 3.8) is 0 Å². The van der Waals surface area contributed by atoms with Gasteiger partial charge in [-0.1, -0.05) is 29.4 Å². The Hall–Kier alpha value is -3.27. The van der Waals surface area contributed by atoms with E-state index in [1.165, 1.54) is 0 Å². The highest BCUT2D eigenvalue weighted by atomic mass is 16.4. The van der Waals surface area contributed by atoms with Crippen LogP contribution in [0.3, 0.4) is 0 Å². The van der Waals surface area contributed by atoms with E-state index in [1.54, 1.807) is 30.3 Å². The maximum absolute atomic E-state index is 11.3. The second kappa shape index (κ2) is 4.13. The molecule has 0 atom stereocenters. The van der Waals surface area contributed by atoms with Crippen LogP contribution in [0.2, 0.25) is 0 Å². The average molecular weight is 265 g/mol. The molecule has 0 unspecified atom stereocenters. The Morgan fingerprint density at radius 2 is 1.95 bits per heavy atom. The maximum Gasteiger partial charge on any atom is 0.270 e. The molecule has 1 aliphatic carbocycles. The SMILES string of the molecule is N#Cc1nc2c(nc1C(N)=O)-c1ccccc1/C2=N\O. The minimum atomic E-state index is -0.830. The zero-order chi connectivity index (χ0) is 14.3. The fourth-order valence-electron chi connectivity index (χ4n) is 2.16. The molecule has 7 heteroatoms. The van der Waals surface area contributed by atoms with Gasteiger partial charge in [0.05, 0.1) is 0 Å². The molecule has 0 radical (unpaired) electrons. The van der Waals surface area contributed by atoms with Crippen molar-refractivity contribution in [3.05, 3.63) is 46.9 Å². The van der Waals surface area contributed by atoms with E-state index in [1.807, 2.05) is 0 Å². The molecule has 7 nitrogen and oxygen atoms in total. The summed E-state index contributed by atoms with van der Waals surface area (Å²) in [5.41, 5.74) is 6.98. The summed E-state index contributed by atoms with van der Waals surface area (Å²) >= 11 is 0. The standard InChI is InChI=1S/C13H7N5O2/c14-5-8-11(13(15)19)17-9-6-3-1-2-4-7(6)10(18-20)12(9)16-8/h1-4,20H,(H2,15,19)/b18-10+. The third-order valence-corrected chi connectivity index (χ3v) is 3.00. The maximum atomic E-state index is 11.3. The van der Waals surface area contributed by atoms with Crippen LogP contribution in [-0.4, -0.2) is 26.8 Å². The number of carbonyl (C=O) groups excluding carboxylic acids is 1. The number of primary amides is 1. The molecule has 0 saturated carbocycles. The molecule has 0 fully saturated rings. The van der Waals surface area contributed by atoms with Gasteiger partial charge < -0.3 is 10.9 Å². The number of nitriles is 1. The molecule has 0 spiro atoms. The summed E-state index contributed by atoms with van der Waals surface area (Å²) in [4.78, 5) is 19.5. The lowest BCUT2D eigenvalue weighted by molar-refractivity contribution is 0.0995. The van der Waals surface area contributed by atoms with Crippen molar-refractivity contribution >= 4 is 11.6 Å². The predicted molar refractivity (Wildman–Crippen MR) is 68.1 cm³/mol. The van der Waals surface area contributed by atoms with Crippen LogP contribution in [-0.2, 0) is 0 Å². The predicted octanol–water partition coefficient (Wildman–Crippen LogP) is 0.654. The molecule has 1 aromatic heterocycles. The van der Waals surface area contributed by atoms with Gasteiger partial charge in [0.1, 0.15) is 23.2 Å². The smallest absolute Gasteiger partial charge is 0.270 e. The van der Waals surface area contributed by atoms with Gasteiger partial charge in [0.25, 0.3) is 5.91 Å². The molecule has 1 aliphatic rings. The van der Waals surface area contributed by atoms with E-state index in [-0.39, 0.29) is 22.8 Å². The monoisotopic (exact) mass is 265 g/mol. The molecule has 96 valence electrons. The highest BCUT2D eigenvalue weighted by Crippen LogP contribution is 2.34. The van der Waals surface area contributed by atoms with E-state index in [2.05, 4.69) is 15.1 Å². The van der Waals surface area contributed by atoms with Crippen LogP contribution in [0.1, 0.15) is 27.4 Å². The zero-order valence-corrected chi connectivity index (χ0v) is 10.0.